The van der Waals surface area contributed by atoms with Crippen molar-refractivity contribution in [2.45, 2.75) is 6.10 Å². The van der Waals surface area contributed by atoms with Gasteiger partial charge in [-0.25, -0.2) is 0 Å². The number of thiophene rings is 1. The van der Waals surface area contributed by atoms with Gasteiger partial charge in [0.15, 0.2) is 0 Å². The first-order valence-corrected chi connectivity index (χ1v) is 6.28. The van der Waals surface area contributed by atoms with Gasteiger partial charge in [0.25, 0.3) is 5.91 Å². The average Bonchev–Trinajstić information content (AvgIpc) is 2.62. The quantitative estimate of drug-likeness (QED) is 0.789. The second kappa shape index (κ2) is 6.41. The Hall–Kier alpha value is -0.180. The normalized spacial score (nSPS) is 12.5. The fraction of sp³-hybridized carbons (Fsp3) is 0.444. The number of ether oxygens (including phenoxy) is 1. The lowest BCUT2D eigenvalue weighted by Gasteiger charge is -2.09. The average molecular weight is 341 g/mol. The monoisotopic (exact) mass is 341 g/mol. The molecule has 1 atom stereocenters. The second-order valence-electron chi connectivity index (χ2n) is 2.96. The van der Waals surface area contributed by atoms with Crippen molar-refractivity contribution in [2.75, 3.05) is 20.3 Å². The highest BCUT2D eigenvalue weighted by molar-refractivity contribution is 14.1. The Morgan fingerprint density at radius 3 is 3.07 bits per heavy atom. The Balaban J connectivity index is 2.36. The van der Waals surface area contributed by atoms with Crippen LogP contribution in [0.3, 0.4) is 0 Å². The summed E-state index contributed by atoms with van der Waals surface area (Å²) in [6.07, 6.45) is -0.656. The summed E-state index contributed by atoms with van der Waals surface area (Å²) in [5.41, 5.74) is 0.633. The minimum atomic E-state index is -0.656. The molecule has 0 aromatic carbocycles. The number of carbonyl (C=O) groups excluding carboxylic acids is 1. The Morgan fingerprint density at radius 2 is 2.53 bits per heavy atom. The standard InChI is InChI=1S/C9H12INO3S/c1-14-4-7(12)3-11-9(13)6-2-8(10)15-5-6/h2,5,7,12H,3-4H2,1H3,(H,11,13). The maximum Gasteiger partial charge on any atom is 0.252 e. The molecule has 0 saturated carbocycles. The Morgan fingerprint density at radius 1 is 1.80 bits per heavy atom. The van der Waals surface area contributed by atoms with E-state index in [0.717, 1.165) is 2.88 Å². The molecular weight excluding hydrogens is 329 g/mol. The van der Waals surface area contributed by atoms with Crippen LogP contribution in [0.5, 0.6) is 0 Å². The van der Waals surface area contributed by atoms with Gasteiger partial charge in [-0.2, -0.15) is 0 Å². The summed E-state index contributed by atoms with van der Waals surface area (Å²) in [4.78, 5) is 11.5. The third-order valence-electron chi connectivity index (χ3n) is 1.69. The summed E-state index contributed by atoms with van der Waals surface area (Å²) in [7, 11) is 1.51. The molecule has 1 heterocycles. The first-order valence-electron chi connectivity index (χ1n) is 4.32. The molecule has 0 spiro atoms. The van der Waals surface area contributed by atoms with Gasteiger partial charge in [0.1, 0.15) is 0 Å². The van der Waals surface area contributed by atoms with Crippen molar-refractivity contribution in [1.82, 2.24) is 5.32 Å². The van der Waals surface area contributed by atoms with E-state index >= 15 is 0 Å². The van der Waals surface area contributed by atoms with Crippen molar-refractivity contribution >= 4 is 39.8 Å². The number of carbonyl (C=O) groups is 1. The minimum Gasteiger partial charge on any atom is -0.389 e. The third kappa shape index (κ3) is 4.45. The predicted octanol–water partition coefficient (Wildman–Crippen LogP) is 1.09. The molecule has 0 aliphatic rings. The molecule has 4 nitrogen and oxygen atoms in total. The summed E-state index contributed by atoms with van der Waals surface area (Å²) >= 11 is 3.67. The van der Waals surface area contributed by atoms with Crippen LogP contribution in [0.15, 0.2) is 11.4 Å². The highest BCUT2D eigenvalue weighted by Gasteiger charge is 2.09. The molecule has 0 fully saturated rings. The van der Waals surface area contributed by atoms with Crippen LogP contribution in [0.4, 0.5) is 0 Å². The van der Waals surface area contributed by atoms with Gasteiger partial charge in [-0.3, -0.25) is 4.79 Å². The lowest BCUT2D eigenvalue weighted by molar-refractivity contribution is 0.0610. The summed E-state index contributed by atoms with van der Waals surface area (Å²) in [5.74, 6) is -0.163. The molecule has 0 bridgehead atoms. The molecule has 0 saturated heterocycles. The predicted molar refractivity (Wildman–Crippen MR) is 67.3 cm³/mol. The molecule has 2 N–H and O–H groups in total. The van der Waals surface area contributed by atoms with E-state index in [1.165, 1.54) is 18.4 Å². The lowest BCUT2D eigenvalue weighted by Crippen LogP contribution is -2.34. The zero-order chi connectivity index (χ0) is 11.3. The zero-order valence-corrected chi connectivity index (χ0v) is 11.2. The highest BCUT2D eigenvalue weighted by atomic mass is 127. The maximum atomic E-state index is 11.5. The first kappa shape index (κ1) is 12.9. The maximum absolute atomic E-state index is 11.5. The van der Waals surface area contributed by atoms with Crippen molar-refractivity contribution in [2.24, 2.45) is 0 Å². The number of aliphatic hydroxyl groups excluding tert-OH is 1. The molecule has 0 aliphatic carbocycles. The number of nitrogens with one attached hydrogen (secondary N) is 1. The topological polar surface area (TPSA) is 58.6 Å². The molecular formula is C9H12INO3S. The number of methoxy groups -OCH3 is 1. The Labute approximate surface area is 106 Å². The van der Waals surface area contributed by atoms with E-state index in [2.05, 4.69) is 27.9 Å². The van der Waals surface area contributed by atoms with E-state index in [-0.39, 0.29) is 19.1 Å². The van der Waals surface area contributed by atoms with Crippen molar-refractivity contribution in [3.63, 3.8) is 0 Å². The Bertz CT molecular complexity index is 329. The number of aliphatic hydroxyl groups is 1. The molecule has 1 amide bonds. The van der Waals surface area contributed by atoms with E-state index in [4.69, 9.17) is 4.74 Å². The highest BCUT2D eigenvalue weighted by Crippen LogP contribution is 2.16. The van der Waals surface area contributed by atoms with Gasteiger partial charge in [-0.1, -0.05) is 0 Å². The van der Waals surface area contributed by atoms with Gasteiger partial charge in [0.05, 0.1) is 21.2 Å². The van der Waals surface area contributed by atoms with Crippen LogP contribution in [-0.4, -0.2) is 37.4 Å². The molecule has 0 radical (unpaired) electrons. The molecule has 1 unspecified atom stereocenters. The van der Waals surface area contributed by atoms with E-state index in [0.29, 0.717) is 5.56 Å². The third-order valence-corrected chi connectivity index (χ3v) is 3.48. The molecule has 1 aromatic rings. The van der Waals surface area contributed by atoms with Crippen LogP contribution in [0.1, 0.15) is 10.4 Å². The van der Waals surface area contributed by atoms with Crippen LogP contribution in [-0.2, 0) is 4.74 Å². The van der Waals surface area contributed by atoms with Crippen molar-refractivity contribution in [1.29, 1.82) is 0 Å². The first-order chi connectivity index (χ1) is 7.13. The fourth-order valence-corrected chi connectivity index (χ4v) is 2.32. The van der Waals surface area contributed by atoms with Crippen LogP contribution in [0.25, 0.3) is 0 Å². The minimum absolute atomic E-state index is 0.163. The number of amides is 1. The van der Waals surface area contributed by atoms with Crippen LogP contribution in [0.2, 0.25) is 0 Å². The number of hydrogen-bond donors (Lipinski definition) is 2. The van der Waals surface area contributed by atoms with Crippen LogP contribution in [0, 0.1) is 2.88 Å². The largest absolute Gasteiger partial charge is 0.389 e. The van der Waals surface area contributed by atoms with Gasteiger partial charge < -0.3 is 15.2 Å². The van der Waals surface area contributed by atoms with E-state index in [9.17, 15) is 9.90 Å². The van der Waals surface area contributed by atoms with Crippen molar-refractivity contribution in [3.05, 3.63) is 19.9 Å². The summed E-state index contributed by atoms with van der Waals surface area (Å²) < 4.78 is 5.81. The molecule has 1 rings (SSSR count). The number of hydrogen-bond acceptors (Lipinski definition) is 4. The van der Waals surface area contributed by atoms with Crippen molar-refractivity contribution in [3.8, 4) is 0 Å². The molecule has 0 aliphatic heterocycles. The molecule has 84 valence electrons. The smallest absolute Gasteiger partial charge is 0.252 e. The lowest BCUT2D eigenvalue weighted by atomic mass is 10.3. The van der Waals surface area contributed by atoms with E-state index < -0.39 is 6.10 Å². The fourth-order valence-electron chi connectivity index (χ4n) is 0.993. The number of halogens is 1. The van der Waals surface area contributed by atoms with Crippen LogP contribution >= 0.6 is 33.9 Å². The Kier molecular flexibility index (Phi) is 5.51. The molecule has 1 aromatic heterocycles. The SMILES string of the molecule is COCC(O)CNC(=O)c1csc(I)c1. The van der Waals surface area contributed by atoms with Gasteiger partial charge in [-0.15, -0.1) is 11.3 Å². The van der Waals surface area contributed by atoms with E-state index in [1.807, 2.05) is 6.07 Å². The van der Waals surface area contributed by atoms with Gasteiger partial charge in [-0.05, 0) is 28.7 Å². The van der Waals surface area contributed by atoms with Gasteiger partial charge in [0, 0.05) is 19.0 Å². The van der Waals surface area contributed by atoms with Crippen LogP contribution < -0.4 is 5.32 Å². The molecule has 6 heteroatoms. The van der Waals surface area contributed by atoms with Gasteiger partial charge >= 0.3 is 0 Å². The number of rotatable bonds is 5. The van der Waals surface area contributed by atoms with Gasteiger partial charge in [0.2, 0.25) is 0 Å². The zero-order valence-electron chi connectivity index (χ0n) is 8.20. The molecule has 15 heavy (non-hydrogen) atoms. The van der Waals surface area contributed by atoms with Crippen molar-refractivity contribution < 1.29 is 14.6 Å². The summed E-state index contributed by atoms with van der Waals surface area (Å²) in [6.45, 7) is 0.431. The summed E-state index contributed by atoms with van der Waals surface area (Å²) in [5, 5.41) is 13.7. The van der Waals surface area contributed by atoms with E-state index in [1.54, 1.807) is 5.38 Å². The second-order valence-corrected chi connectivity index (χ2v) is 5.76. The summed E-state index contributed by atoms with van der Waals surface area (Å²) in [6, 6.07) is 1.81.